The highest BCUT2D eigenvalue weighted by Gasteiger charge is 2.19. The minimum Gasteiger partial charge on any atom is -0.496 e. The molecule has 2 aromatic rings. The zero-order valence-corrected chi connectivity index (χ0v) is 13.9. The number of carbonyl (C=O) groups excluding carboxylic acids is 2. The second kappa shape index (κ2) is 7.79. The van der Waals surface area contributed by atoms with E-state index >= 15 is 0 Å². The van der Waals surface area contributed by atoms with Crippen LogP contribution in [-0.4, -0.2) is 37.4 Å². The van der Waals surface area contributed by atoms with Crippen LogP contribution in [0.15, 0.2) is 42.5 Å². The molecule has 126 valence electrons. The van der Waals surface area contributed by atoms with E-state index in [-0.39, 0.29) is 12.1 Å². The van der Waals surface area contributed by atoms with E-state index in [1.165, 1.54) is 43.3 Å². The molecule has 0 aliphatic rings. The number of methoxy groups -OCH3 is 1. The van der Waals surface area contributed by atoms with E-state index in [1.807, 2.05) is 0 Å². The molecule has 0 spiro atoms. The number of amides is 2. The fourth-order valence-electron chi connectivity index (χ4n) is 2.11. The fraction of sp³-hybridized carbons (Fsp3) is 0.176. The molecule has 2 aromatic carbocycles. The number of anilines is 1. The Kier molecular flexibility index (Phi) is 5.76. The van der Waals surface area contributed by atoms with Crippen LogP contribution < -0.4 is 10.1 Å². The van der Waals surface area contributed by atoms with Gasteiger partial charge in [0.1, 0.15) is 11.6 Å². The third kappa shape index (κ3) is 4.45. The van der Waals surface area contributed by atoms with E-state index in [4.69, 9.17) is 16.3 Å². The van der Waals surface area contributed by atoms with Gasteiger partial charge in [0.15, 0.2) is 0 Å². The number of carbonyl (C=O) groups is 2. The van der Waals surface area contributed by atoms with E-state index in [0.29, 0.717) is 16.5 Å². The molecule has 0 saturated carbocycles. The first-order chi connectivity index (χ1) is 11.4. The van der Waals surface area contributed by atoms with Crippen molar-refractivity contribution in [2.45, 2.75) is 0 Å². The third-order valence-corrected chi connectivity index (χ3v) is 3.46. The molecule has 0 unspecified atom stereocenters. The van der Waals surface area contributed by atoms with Crippen molar-refractivity contribution in [2.75, 3.05) is 26.0 Å². The maximum absolute atomic E-state index is 13.1. The molecule has 7 heteroatoms. The number of benzene rings is 2. The van der Waals surface area contributed by atoms with Gasteiger partial charge in [-0.15, -0.1) is 0 Å². The zero-order valence-electron chi connectivity index (χ0n) is 13.2. The summed E-state index contributed by atoms with van der Waals surface area (Å²) in [6, 6.07) is 10.2. The topological polar surface area (TPSA) is 58.6 Å². The smallest absolute Gasteiger partial charge is 0.257 e. The van der Waals surface area contributed by atoms with Crippen LogP contribution in [0.4, 0.5) is 10.1 Å². The molecule has 0 bridgehead atoms. The number of ether oxygens (including phenoxy) is 1. The monoisotopic (exact) mass is 350 g/mol. The van der Waals surface area contributed by atoms with Gasteiger partial charge in [0.2, 0.25) is 5.91 Å². The predicted molar refractivity (Wildman–Crippen MR) is 90.0 cm³/mol. The first-order valence-electron chi connectivity index (χ1n) is 7.05. The lowest BCUT2D eigenvalue weighted by atomic mass is 10.1. The maximum Gasteiger partial charge on any atom is 0.257 e. The molecule has 0 aromatic heterocycles. The van der Waals surface area contributed by atoms with Crippen molar-refractivity contribution < 1.29 is 18.7 Å². The third-order valence-electron chi connectivity index (χ3n) is 3.23. The molecule has 24 heavy (non-hydrogen) atoms. The van der Waals surface area contributed by atoms with E-state index in [2.05, 4.69) is 5.32 Å². The normalized spacial score (nSPS) is 10.2. The van der Waals surface area contributed by atoms with Crippen LogP contribution in [0.1, 0.15) is 10.4 Å². The van der Waals surface area contributed by atoms with Crippen LogP contribution in [-0.2, 0) is 4.79 Å². The Labute approximate surface area is 144 Å². The van der Waals surface area contributed by atoms with Gasteiger partial charge < -0.3 is 15.0 Å². The molecular formula is C17H16ClFN2O3. The van der Waals surface area contributed by atoms with Crippen molar-refractivity contribution in [3.05, 3.63) is 58.9 Å². The second-order valence-electron chi connectivity index (χ2n) is 5.06. The standard InChI is InChI=1S/C17H16ClFN2O3/c1-21(10-16(22)20-13-5-3-4-12(19)9-13)17(23)14-8-11(18)6-7-15(14)24-2/h3-9H,10H2,1-2H3,(H,20,22). The van der Waals surface area contributed by atoms with Crippen molar-refractivity contribution in [1.82, 2.24) is 4.90 Å². The molecule has 0 fully saturated rings. The van der Waals surface area contributed by atoms with E-state index in [9.17, 15) is 14.0 Å². The summed E-state index contributed by atoms with van der Waals surface area (Å²) in [5, 5.41) is 2.92. The van der Waals surface area contributed by atoms with E-state index in [1.54, 1.807) is 18.2 Å². The summed E-state index contributed by atoms with van der Waals surface area (Å²) in [4.78, 5) is 25.7. The van der Waals surface area contributed by atoms with Gasteiger partial charge in [0.25, 0.3) is 5.91 Å². The Morgan fingerprint density at radius 2 is 2.00 bits per heavy atom. The number of nitrogens with one attached hydrogen (secondary N) is 1. The van der Waals surface area contributed by atoms with Gasteiger partial charge in [0.05, 0.1) is 19.2 Å². The number of hydrogen-bond acceptors (Lipinski definition) is 3. The molecule has 0 saturated heterocycles. The van der Waals surface area contributed by atoms with E-state index < -0.39 is 17.6 Å². The lowest BCUT2D eigenvalue weighted by Gasteiger charge is -2.18. The van der Waals surface area contributed by atoms with Gasteiger partial charge in [0, 0.05) is 17.8 Å². The summed E-state index contributed by atoms with van der Waals surface area (Å²) in [6.45, 7) is -0.203. The number of hydrogen-bond donors (Lipinski definition) is 1. The number of halogens is 2. The maximum atomic E-state index is 13.1. The van der Waals surface area contributed by atoms with E-state index in [0.717, 1.165) is 0 Å². The number of nitrogens with zero attached hydrogens (tertiary/aromatic N) is 1. The SMILES string of the molecule is COc1ccc(Cl)cc1C(=O)N(C)CC(=O)Nc1cccc(F)c1. The molecule has 0 heterocycles. The minimum atomic E-state index is -0.458. The highest BCUT2D eigenvalue weighted by Crippen LogP contribution is 2.23. The Morgan fingerprint density at radius 3 is 2.67 bits per heavy atom. The van der Waals surface area contributed by atoms with Gasteiger partial charge >= 0.3 is 0 Å². The first-order valence-corrected chi connectivity index (χ1v) is 7.43. The summed E-state index contributed by atoms with van der Waals surface area (Å²) in [5.41, 5.74) is 0.576. The summed E-state index contributed by atoms with van der Waals surface area (Å²) < 4.78 is 18.2. The van der Waals surface area contributed by atoms with Crippen LogP contribution in [0.25, 0.3) is 0 Å². The molecule has 1 N–H and O–H groups in total. The zero-order chi connectivity index (χ0) is 17.7. The minimum absolute atomic E-state index is 0.203. The Hall–Kier alpha value is -2.60. The molecule has 5 nitrogen and oxygen atoms in total. The molecule has 2 amide bonds. The highest BCUT2D eigenvalue weighted by molar-refractivity contribution is 6.31. The van der Waals surface area contributed by atoms with Crippen LogP contribution in [0.2, 0.25) is 5.02 Å². The quantitative estimate of drug-likeness (QED) is 0.900. The van der Waals surface area contributed by atoms with Gasteiger partial charge in [-0.3, -0.25) is 9.59 Å². The summed E-state index contributed by atoms with van der Waals surface area (Å²) in [6.07, 6.45) is 0. The predicted octanol–water partition coefficient (Wildman–Crippen LogP) is 3.20. The van der Waals surface area contributed by atoms with Crippen LogP contribution in [0.5, 0.6) is 5.75 Å². The van der Waals surface area contributed by atoms with Gasteiger partial charge in [-0.05, 0) is 36.4 Å². The molecule has 0 aliphatic carbocycles. The molecular weight excluding hydrogens is 335 g/mol. The number of likely N-dealkylation sites (N-methyl/N-ethyl adjacent to an activating group) is 1. The average molecular weight is 351 g/mol. The van der Waals surface area contributed by atoms with Crippen LogP contribution in [0, 0.1) is 5.82 Å². The van der Waals surface area contributed by atoms with Crippen LogP contribution in [0.3, 0.4) is 0 Å². The van der Waals surface area contributed by atoms with Crippen molar-refractivity contribution in [2.24, 2.45) is 0 Å². The average Bonchev–Trinajstić information content (AvgIpc) is 2.53. The van der Waals surface area contributed by atoms with Crippen molar-refractivity contribution in [3.8, 4) is 5.75 Å². The first kappa shape index (κ1) is 17.7. The van der Waals surface area contributed by atoms with Gasteiger partial charge in [-0.2, -0.15) is 0 Å². The largest absolute Gasteiger partial charge is 0.496 e. The van der Waals surface area contributed by atoms with Gasteiger partial charge in [-0.25, -0.2) is 4.39 Å². The summed E-state index contributed by atoms with van der Waals surface area (Å²) in [5.74, 6) is -0.955. The lowest BCUT2D eigenvalue weighted by molar-refractivity contribution is -0.116. The Balaban J connectivity index is 2.06. The van der Waals surface area contributed by atoms with Gasteiger partial charge in [-0.1, -0.05) is 17.7 Å². The highest BCUT2D eigenvalue weighted by atomic mass is 35.5. The summed E-state index contributed by atoms with van der Waals surface area (Å²) in [7, 11) is 2.92. The summed E-state index contributed by atoms with van der Waals surface area (Å²) >= 11 is 5.91. The Morgan fingerprint density at radius 1 is 1.25 bits per heavy atom. The van der Waals surface area contributed by atoms with Crippen molar-refractivity contribution >= 4 is 29.1 Å². The Bertz CT molecular complexity index is 767. The van der Waals surface area contributed by atoms with Crippen LogP contribution >= 0.6 is 11.6 Å². The molecule has 0 aliphatic heterocycles. The van der Waals surface area contributed by atoms with Crippen molar-refractivity contribution in [1.29, 1.82) is 0 Å². The number of rotatable bonds is 5. The lowest BCUT2D eigenvalue weighted by Crippen LogP contribution is -2.35. The molecule has 0 atom stereocenters. The molecule has 0 radical (unpaired) electrons. The van der Waals surface area contributed by atoms with Crippen molar-refractivity contribution in [3.63, 3.8) is 0 Å². The molecule has 2 rings (SSSR count). The fourth-order valence-corrected chi connectivity index (χ4v) is 2.28. The second-order valence-corrected chi connectivity index (χ2v) is 5.50.